The summed E-state index contributed by atoms with van der Waals surface area (Å²) in [5.41, 5.74) is -2.36. The Bertz CT molecular complexity index is 908. The maximum Gasteiger partial charge on any atom is 0.417 e. The van der Waals surface area contributed by atoms with Gasteiger partial charge in [-0.05, 0) is 24.6 Å². The number of alkyl halides is 6. The Morgan fingerprint density at radius 1 is 1.15 bits per heavy atom. The molecule has 0 radical (unpaired) electrons. The zero-order chi connectivity index (χ0) is 20.1. The summed E-state index contributed by atoms with van der Waals surface area (Å²) in [6.45, 7) is -0.284. The molecule has 2 aromatic rings. The fourth-order valence-electron chi connectivity index (χ4n) is 3.31. The standard InChI is InChI=1S/C16H14F6N2O3/c17-15(18,19)10-5-13(26)23-11-2-1-7(3-9(10)11)24-6-8(25)4-12(24)14(27)16(20,21)22/h1-3,5,8,12,14,25,27H,4,6H2,(H,23,26)/t8?,12-,14+/m1/s1. The number of aromatic amines is 1. The van der Waals surface area contributed by atoms with Crippen LogP contribution in [0.2, 0.25) is 0 Å². The van der Waals surface area contributed by atoms with Gasteiger partial charge in [-0.15, -0.1) is 0 Å². The van der Waals surface area contributed by atoms with Crippen molar-refractivity contribution in [2.75, 3.05) is 11.4 Å². The Hall–Kier alpha value is -2.27. The van der Waals surface area contributed by atoms with Gasteiger partial charge in [0.05, 0.1) is 17.7 Å². The summed E-state index contributed by atoms with van der Waals surface area (Å²) in [4.78, 5) is 14.7. The number of H-pyrrole nitrogens is 1. The molecule has 1 aromatic carbocycles. The van der Waals surface area contributed by atoms with Gasteiger partial charge in [-0.1, -0.05) is 0 Å². The van der Waals surface area contributed by atoms with Crippen molar-refractivity contribution in [3.05, 3.63) is 40.2 Å². The number of aliphatic hydroxyl groups excluding tert-OH is 2. The van der Waals surface area contributed by atoms with E-state index >= 15 is 0 Å². The van der Waals surface area contributed by atoms with Crippen LogP contribution in [-0.4, -0.2) is 46.2 Å². The fraction of sp³-hybridized carbons (Fsp3) is 0.438. The predicted molar refractivity (Wildman–Crippen MR) is 83.4 cm³/mol. The molecule has 1 aliphatic rings. The molecule has 3 atom stereocenters. The Labute approximate surface area is 147 Å². The molecule has 2 heterocycles. The summed E-state index contributed by atoms with van der Waals surface area (Å²) >= 11 is 0. The number of pyridine rings is 1. The highest BCUT2D eigenvalue weighted by Gasteiger charge is 2.49. The second-order valence-electron chi connectivity index (χ2n) is 6.37. The average molecular weight is 396 g/mol. The Morgan fingerprint density at radius 2 is 1.81 bits per heavy atom. The highest BCUT2D eigenvalue weighted by molar-refractivity contribution is 5.86. The molecule has 27 heavy (non-hydrogen) atoms. The van der Waals surface area contributed by atoms with E-state index in [2.05, 4.69) is 4.98 Å². The van der Waals surface area contributed by atoms with Crippen LogP contribution in [0.15, 0.2) is 29.1 Å². The van der Waals surface area contributed by atoms with Crippen molar-refractivity contribution < 1.29 is 36.6 Å². The number of aromatic nitrogens is 1. The average Bonchev–Trinajstić information content (AvgIpc) is 2.92. The minimum absolute atomic E-state index is 0.0371. The number of nitrogens with zero attached hydrogens (tertiary/aromatic N) is 1. The monoisotopic (exact) mass is 396 g/mol. The highest BCUT2D eigenvalue weighted by atomic mass is 19.4. The molecule has 0 aliphatic carbocycles. The van der Waals surface area contributed by atoms with Gasteiger partial charge in [0.1, 0.15) is 0 Å². The first-order valence-corrected chi connectivity index (χ1v) is 7.81. The molecule has 5 nitrogen and oxygen atoms in total. The van der Waals surface area contributed by atoms with Crippen LogP contribution in [0.5, 0.6) is 0 Å². The maximum absolute atomic E-state index is 13.2. The van der Waals surface area contributed by atoms with Crippen molar-refractivity contribution in [1.29, 1.82) is 0 Å². The molecule has 1 fully saturated rings. The lowest BCUT2D eigenvalue weighted by molar-refractivity contribution is -0.209. The van der Waals surface area contributed by atoms with Crippen LogP contribution in [0.25, 0.3) is 10.9 Å². The van der Waals surface area contributed by atoms with E-state index in [4.69, 9.17) is 0 Å². The van der Waals surface area contributed by atoms with Crippen LogP contribution >= 0.6 is 0 Å². The molecule has 0 bridgehead atoms. The normalized spacial score (nSPS) is 22.4. The van der Waals surface area contributed by atoms with Gasteiger partial charge < -0.3 is 20.1 Å². The molecule has 1 aliphatic heterocycles. The number of β-amino-alcohol motifs (C(OH)–C–C–N with tert-alkyl or cyclic N) is 1. The second-order valence-corrected chi connectivity index (χ2v) is 6.37. The molecular formula is C16H14F6N2O3. The first kappa shape index (κ1) is 19.5. The number of rotatable bonds is 2. The molecule has 0 saturated carbocycles. The topological polar surface area (TPSA) is 76.6 Å². The van der Waals surface area contributed by atoms with Gasteiger partial charge in [0.25, 0.3) is 0 Å². The lowest BCUT2D eigenvalue weighted by atomic mass is 10.0. The SMILES string of the molecule is O=c1cc(C(F)(F)F)c2cc(N3CC(O)C[C@@H]3[C@H](O)C(F)(F)F)ccc2[nH]1. The molecule has 1 aromatic heterocycles. The van der Waals surface area contributed by atoms with Crippen LogP contribution in [0.3, 0.4) is 0 Å². The zero-order valence-corrected chi connectivity index (χ0v) is 13.5. The van der Waals surface area contributed by atoms with Crippen molar-refractivity contribution in [2.45, 2.75) is 37.0 Å². The number of aliphatic hydroxyl groups is 2. The summed E-state index contributed by atoms with van der Waals surface area (Å²) in [5.74, 6) is 0. The number of halogens is 6. The van der Waals surface area contributed by atoms with E-state index in [9.17, 15) is 41.4 Å². The summed E-state index contributed by atoms with van der Waals surface area (Å²) < 4.78 is 78.4. The number of nitrogens with one attached hydrogen (secondary N) is 1. The number of fused-ring (bicyclic) bond motifs is 1. The molecule has 11 heteroatoms. The van der Waals surface area contributed by atoms with E-state index in [1.807, 2.05) is 0 Å². The van der Waals surface area contributed by atoms with Crippen molar-refractivity contribution in [3.8, 4) is 0 Å². The number of hydrogen-bond donors (Lipinski definition) is 3. The quantitative estimate of drug-likeness (QED) is 0.682. The summed E-state index contributed by atoms with van der Waals surface area (Å²) in [6, 6.07) is 2.18. The highest BCUT2D eigenvalue weighted by Crippen LogP contribution is 2.38. The van der Waals surface area contributed by atoms with Crippen molar-refractivity contribution in [2.24, 2.45) is 0 Å². The molecular weight excluding hydrogens is 382 g/mol. The first-order chi connectivity index (χ1) is 12.4. The molecule has 0 amide bonds. The van der Waals surface area contributed by atoms with E-state index in [0.29, 0.717) is 6.07 Å². The van der Waals surface area contributed by atoms with Crippen LogP contribution < -0.4 is 10.5 Å². The van der Waals surface area contributed by atoms with Crippen LogP contribution in [0.1, 0.15) is 12.0 Å². The largest absolute Gasteiger partial charge is 0.417 e. The van der Waals surface area contributed by atoms with E-state index in [1.165, 1.54) is 6.07 Å². The molecule has 148 valence electrons. The predicted octanol–water partition coefficient (Wildman–Crippen LogP) is 2.41. The fourth-order valence-corrected chi connectivity index (χ4v) is 3.31. The first-order valence-electron chi connectivity index (χ1n) is 7.81. The lowest BCUT2D eigenvalue weighted by Crippen LogP contribution is -2.47. The summed E-state index contributed by atoms with van der Waals surface area (Å²) in [6.07, 6.45) is -14.1. The summed E-state index contributed by atoms with van der Waals surface area (Å²) in [7, 11) is 0. The third-order valence-electron chi connectivity index (χ3n) is 4.48. The Balaban J connectivity index is 2.11. The van der Waals surface area contributed by atoms with Crippen molar-refractivity contribution >= 4 is 16.6 Å². The Morgan fingerprint density at radius 3 is 2.41 bits per heavy atom. The van der Waals surface area contributed by atoms with E-state index in [1.54, 1.807) is 0 Å². The maximum atomic E-state index is 13.2. The van der Waals surface area contributed by atoms with Gasteiger partial charge in [0.15, 0.2) is 6.10 Å². The van der Waals surface area contributed by atoms with Crippen molar-refractivity contribution in [1.82, 2.24) is 4.98 Å². The van der Waals surface area contributed by atoms with Gasteiger partial charge >= 0.3 is 12.4 Å². The van der Waals surface area contributed by atoms with Gasteiger partial charge in [0, 0.05) is 29.2 Å². The summed E-state index contributed by atoms with van der Waals surface area (Å²) in [5, 5.41) is 18.9. The molecule has 3 rings (SSSR count). The van der Waals surface area contributed by atoms with Gasteiger partial charge in [0.2, 0.25) is 5.56 Å². The van der Waals surface area contributed by atoms with Crippen LogP contribution in [0, 0.1) is 0 Å². The number of anilines is 1. The van der Waals surface area contributed by atoms with Gasteiger partial charge in [-0.25, -0.2) is 0 Å². The van der Waals surface area contributed by atoms with Crippen LogP contribution in [-0.2, 0) is 6.18 Å². The molecule has 1 saturated heterocycles. The minimum atomic E-state index is -4.95. The smallest absolute Gasteiger partial charge is 0.391 e. The molecule has 3 N–H and O–H groups in total. The molecule has 1 unspecified atom stereocenters. The zero-order valence-electron chi connectivity index (χ0n) is 13.5. The number of benzene rings is 1. The third-order valence-corrected chi connectivity index (χ3v) is 4.48. The second kappa shape index (κ2) is 6.41. The third kappa shape index (κ3) is 3.74. The van der Waals surface area contributed by atoms with Gasteiger partial charge in [-0.2, -0.15) is 26.3 Å². The van der Waals surface area contributed by atoms with Crippen molar-refractivity contribution in [3.63, 3.8) is 0 Å². The minimum Gasteiger partial charge on any atom is -0.391 e. The van der Waals surface area contributed by atoms with Gasteiger partial charge in [-0.3, -0.25) is 4.79 Å². The molecule has 0 spiro atoms. The lowest BCUT2D eigenvalue weighted by Gasteiger charge is -2.31. The van der Waals surface area contributed by atoms with Crippen LogP contribution in [0.4, 0.5) is 32.0 Å². The van der Waals surface area contributed by atoms with E-state index in [-0.39, 0.29) is 17.7 Å². The van der Waals surface area contributed by atoms with E-state index in [0.717, 1.165) is 17.0 Å². The van der Waals surface area contributed by atoms with E-state index < -0.39 is 53.5 Å². The Kier molecular flexibility index (Phi) is 4.63. The number of hydrogen-bond acceptors (Lipinski definition) is 4.